The van der Waals surface area contributed by atoms with E-state index in [1.165, 1.54) is 12.1 Å². The molecule has 0 aliphatic heterocycles. The molecule has 0 N–H and O–H groups in total. The van der Waals surface area contributed by atoms with Gasteiger partial charge in [-0.05, 0) is 40.2 Å². The van der Waals surface area contributed by atoms with Gasteiger partial charge in [-0.3, -0.25) is 4.98 Å². The van der Waals surface area contributed by atoms with Crippen molar-refractivity contribution < 1.29 is 9.13 Å². The van der Waals surface area contributed by atoms with Crippen molar-refractivity contribution in [3.05, 3.63) is 57.5 Å². The van der Waals surface area contributed by atoms with Crippen molar-refractivity contribution in [1.29, 1.82) is 0 Å². The van der Waals surface area contributed by atoms with Crippen LogP contribution in [0.2, 0.25) is 5.02 Å². The van der Waals surface area contributed by atoms with Crippen molar-refractivity contribution >= 4 is 27.5 Å². The summed E-state index contributed by atoms with van der Waals surface area (Å²) in [6.45, 7) is 0.116. The van der Waals surface area contributed by atoms with Crippen molar-refractivity contribution in [2.75, 3.05) is 0 Å². The topological polar surface area (TPSA) is 22.1 Å². The van der Waals surface area contributed by atoms with Gasteiger partial charge in [0.25, 0.3) is 0 Å². The Balaban J connectivity index is 2.09. The minimum atomic E-state index is -0.336. The molecule has 1 aromatic carbocycles. The average Bonchev–Trinajstić information content (AvgIpc) is 2.30. The second-order valence-corrected chi connectivity index (χ2v) is 4.72. The molecule has 0 aliphatic rings. The van der Waals surface area contributed by atoms with Crippen LogP contribution in [-0.2, 0) is 6.61 Å². The number of hydrogen-bond donors (Lipinski definition) is 0. The highest BCUT2D eigenvalue weighted by Gasteiger charge is 2.04. The Kier molecular flexibility index (Phi) is 3.97. The third kappa shape index (κ3) is 3.41. The molecule has 5 heteroatoms. The van der Waals surface area contributed by atoms with Crippen LogP contribution in [0.25, 0.3) is 0 Å². The fourth-order valence-corrected chi connectivity index (χ4v) is 1.82. The quantitative estimate of drug-likeness (QED) is 0.846. The molecule has 2 rings (SSSR count). The van der Waals surface area contributed by atoms with Gasteiger partial charge in [-0.1, -0.05) is 11.6 Å². The molecule has 0 radical (unpaired) electrons. The van der Waals surface area contributed by atoms with Crippen LogP contribution in [0.4, 0.5) is 4.39 Å². The maximum atomic E-state index is 13.4. The molecular formula is C12H8BrClFNO. The van der Waals surface area contributed by atoms with Crippen LogP contribution in [0.15, 0.2) is 41.1 Å². The summed E-state index contributed by atoms with van der Waals surface area (Å²) in [7, 11) is 0. The molecule has 0 aliphatic carbocycles. The molecule has 0 atom stereocenters. The van der Waals surface area contributed by atoms with E-state index in [-0.39, 0.29) is 12.4 Å². The summed E-state index contributed by atoms with van der Waals surface area (Å²) in [6.07, 6.45) is 3.21. The van der Waals surface area contributed by atoms with Crippen LogP contribution in [-0.4, -0.2) is 4.98 Å². The number of pyridine rings is 1. The first-order chi connectivity index (χ1) is 8.15. The van der Waals surface area contributed by atoms with E-state index in [1.54, 1.807) is 24.5 Å². The highest BCUT2D eigenvalue weighted by atomic mass is 79.9. The van der Waals surface area contributed by atoms with Crippen LogP contribution < -0.4 is 4.74 Å². The SMILES string of the molecule is Fc1ccc(Cl)cc1COc1cncc(Br)c1. The van der Waals surface area contributed by atoms with E-state index < -0.39 is 0 Å². The zero-order chi connectivity index (χ0) is 12.3. The van der Waals surface area contributed by atoms with Gasteiger partial charge in [0.1, 0.15) is 18.2 Å². The standard InChI is InChI=1S/C12H8BrClFNO/c13-9-4-11(6-16-5-9)17-7-8-3-10(14)1-2-12(8)15/h1-6H,7H2. The highest BCUT2D eigenvalue weighted by molar-refractivity contribution is 9.10. The first-order valence-corrected chi connectivity index (χ1v) is 5.99. The second kappa shape index (κ2) is 5.47. The lowest BCUT2D eigenvalue weighted by Gasteiger charge is -2.07. The third-order valence-electron chi connectivity index (χ3n) is 2.08. The van der Waals surface area contributed by atoms with Crippen molar-refractivity contribution in [3.8, 4) is 5.75 Å². The summed E-state index contributed by atoms with van der Waals surface area (Å²) in [6, 6.07) is 6.12. The van der Waals surface area contributed by atoms with Crippen LogP contribution in [0.1, 0.15) is 5.56 Å². The maximum absolute atomic E-state index is 13.4. The van der Waals surface area contributed by atoms with Gasteiger partial charge in [0.15, 0.2) is 0 Å². The Morgan fingerprint density at radius 2 is 2.12 bits per heavy atom. The number of benzene rings is 1. The van der Waals surface area contributed by atoms with Gasteiger partial charge >= 0.3 is 0 Å². The van der Waals surface area contributed by atoms with Gasteiger partial charge < -0.3 is 4.74 Å². The molecule has 0 amide bonds. The predicted octanol–water partition coefficient (Wildman–Crippen LogP) is 4.22. The largest absolute Gasteiger partial charge is 0.487 e. The highest BCUT2D eigenvalue weighted by Crippen LogP contribution is 2.19. The number of rotatable bonds is 3. The molecule has 0 bridgehead atoms. The summed E-state index contributed by atoms with van der Waals surface area (Å²) in [5, 5.41) is 0.484. The molecule has 0 spiro atoms. The van der Waals surface area contributed by atoms with E-state index in [9.17, 15) is 4.39 Å². The first kappa shape index (κ1) is 12.3. The van der Waals surface area contributed by atoms with Gasteiger partial charge in [-0.15, -0.1) is 0 Å². The van der Waals surface area contributed by atoms with E-state index >= 15 is 0 Å². The molecule has 0 saturated carbocycles. The minimum absolute atomic E-state index is 0.116. The van der Waals surface area contributed by atoms with Crippen LogP contribution in [0, 0.1) is 5.82 Å². The van der Waals surface area contributed by atoms with E-state index in [0.717, 1.165) is 4.47 Å². The number of hydrogen-bond acceptors (Lipinski definition) is 2. The molecule has 88 valence electrons. The van der Waals surface area contributed by atoms with Crippen LogP contribution in [0.5, 0.6) is 5.75 Å². The average molecular weight is 317 g/mol. The molecule has 2 nitrogen and oxygen atoms in total. The molecule has 1 heterocycles. The minimum Gasteiger partial charge on any atom is -0.487 e. The Morgan fingerprint density at radius 3 is 2.88 bits per heavy atom. The van der Waals surface area contributed by atoms with Crippen molar-refractivity contribution in [3.63, 3.8) is 0 Å². The first-order valence-electron chi connectivity index (χ1n) is 4.82. The third-order valence-corrected chi connectivity index (χ3v) is 2.75. The zero-order valence-electron chi connectivity index (χ0n) is 8.66. The summed E-state index contributed by atoms with van der Waals surface area (Å²) in [4.78, 5) is 3.94. The van der Waals surface area contributed by atoms with Crippen molar-refractivity contribution in [1.82, 2.24) is 4.98 Å². The van der Waals surface area contributed by atoms with Gasteiger partial charge in [-0.2, -0.15) is 0 Å². The fourth-order valence-electron chi connectivity index (χ4n) is 1.29. The molecule has 0 saturated heterocycles. The summed E-state index contributed by atoms with van der Waals surface area (Å²) >= 11 is 9.06. The van der Waals surface area contributed by atoms with Crippen LogP contribution >= 0.6 is 27.5 Å². The van der Waals surface area contributed by atoms with E-state index in [4.69, 9.17) is 16.3 Å². The van der Waals surface area contributed by atoms with Gasteiger partial charge in [0, 0.05) is 21.3 Å². The lowest BCUT2D eigenvalue weighted by atomic mass is 10.2. The number of ether oxygens (including phenoxy) is 1. The number of halogens is 3. The zero-order valence-corrected chi connectivity index (χ0v) is 11.0. The van der Waals surface area contributed by atoms with Crippen LogP contribution in [0.3, 0.4) is 0 Å². The summed E-state index contributed by atoms with van der Waals surface area (Å²) in [5.41, 5.74) is 0.414. The van der Waals surface area contributed by atoms with Crippen molar-refractivity contribution in [2.24, 2.45) is 0 Å². The molecule has 0 unspecified atom stereocenters. The monoisotopic (exact) mass is 315 g/mol. The molecule has 1 aromatic heterocycles. The van der Waals surface area contributed by atoms with E-state index in [0.29, 0.717) is 16.3 Å². The Bertz CT molecular complexity index is 536. The Morgan fingerprint density at radius 1 is 1.29 bits per heavy atom. The predicted molar refractivity (Wildman–Crippen MR) is 67.7 cm³/mol. The summed E-state index contributed by atoms with van der Waals surface area (Å²) < 4.78 is 19.6. The summed E-state index contributed by atoms with van der Waals surface area (Å²) in [5.74, 6) is 0.233. The Labute approximate surface area is 112 Å². The number of aromatic nitrogens is 1. The van der Waals surface area contributed by atoms with Gasteiger partial charge in [0.05, 0.1) is 6.20 Å². The van der Waals surface area contributed by atoms with Gasteiger partial charge in [0.2, 0.25) is 0 Å². The smallest absolute Gasteiger partial charge is 0.139 e. The van der Waals surface area contributed by atoms with E-state index in [1.807, 2.05) is 0 Å². The molecule has 0 fully saturated rings. The normalized spacial score (nSPS) is 10.3. The molecular weight excluding hydrogens is 308 g/mol. The van der Waals surface area contributed by atoms with E-state index in [2.05, 4.69) is 20.9 Å². The second-order valence-electron chi connectivity index (χ2n) is 3.36. The fraction of sp³-hybridized carbons (Fsp3) is 0.0833. The lowest BCUT2D eigenvalue weighted by Crippen LogP contribution is -1.98. The number of nitrogens with zero attached hydrogens (tertiary/aromatic N) is 1. The maximum Gasteiger partial charge on any atom is 0.139 e. The van der Waals surface area contributed by atoms with Gasteiger partial charge in [-0.25, -0.2) is 4.39 Å². The Hall–Kier alpha value is -1.13. The lowest BCUT2D eigenvalue weighted by molar-refractivity contribution is 0.298. The van der Waals surface area contributed by atoms with Crippen molar-refractivity contribution in [2.45, 2.75) is 6.61 Å². The molecule has 17 heavy (non-hydrogen) atoms. The molecule has 2 aromatic rings.